The lowest BCUT2D eigenvalue weighted by molar-refractivity contribution is 0.101. The van der Waals surface area contributed by atoms with Gasteiger partial charge in [0.05, 0.1) is 0 Å². The van der Waals surface area contributed by atoms with Crippen molar-refractivity contribution in [3.05, 3.63) is 47.8 Å². The molecule has 27 heavy (non-hydrogen) atoms. The molecule has 1 N–H and O–H groups in total. The SMILES string of the molecule is CCc1ccccc1NC(=O)c1cc(S(=O)(=O)N2CCC[C@@H](C)C2)cn1C. The maximum Gasteiger partial charge on any atom is 0.272 e. The van der Waals surface area contributed by atoms with Crippen molar-refractivity contribution in [2.45, 2.75) is 38.0 Å². The topological polar surface area (TPSA) is 71.4 Å². The number of rotatable bonds is 5. The fourth-order valence-corrected chi connectivity index (χ4v) is 5.22. The van der Waals surface area contributed by atoms with Crippen LogP contribution in [0.4, 0.5) is 5.69 Å². The van der Waals surface area contributed by atoms with E-state index < -0.39 is 10.0 Å². The van der Waals surface area contributed by atoms with Crippen molar-refractivity contribution < 1.29 is 13.2 Å². The van der Waals surface area contributed by atoms with Crippen molar-refractivity contribution in [2.24, 2.45) is 13.0 Å². The lowest BCUT2D eigenvalue weighted by atomic mass is 10.0. The second-order valence-corrected chi connectivity index (χ2v) is 9.19. The largest absolute Gasteiger partial charge is 0.345 e. The van der Waals surface area contributed by atoms with Crippen molar-refractivity contribution in [2.75, 3.05) is 18.4 Å². The number of sulfonamides is 1. The molecule has 2 heterocycles. The van der Waals surface area contributed by atoms with Crippen LogP contribution in [0.3, 0.4) is 0 Å². The highest BCUT2D eigenvalue weighted by molar-refractivity contribution is 7.89. The third kappa shape index (κ3) is 4.09. The van der Waals surface area contributed by atoms with Crippen LogP contribution in [0.2, 0.25) is 0 Å². The number of hydrogen-bond acceptors (Lipinski definition) is 3. The first-order valence-electron chi connectivity index (χ1n) is 9.38. The van der Waals surface area contributed by atoms with E-state index in [1.807, 2.05) is 31.2 Å². The van der Waals surface area contributed by atoms with Gasteiger partial charge >= 0.3 is 0 Å². The molecule has 0 saturated carbocycles. The van der Waals surface area contributed by atoms with Gasteiger partial charge in [-0.2, -0.15) is 4.31 Å². The Kier molecular flexibility index (Phi) is 5.72. The molecular weight excluding hydrogens is 362 g/mol. The summed E-state index contributed by atoms with van der Waals surface area (Å²) in [6.45, 7) is 5.16. The van der Waals surface area contributed by atoms with E-state index in [1.54, 1.807) is 11.6 Å². The zero-order valence-electron chi connectivity index (χ0n) is 16.1. The van der Waals surface area contributed by atoms with Crippen LogP contribution in [-0.2, 0) is 23.5 Å². The van der Waals surface area contributed by atoms with E-state index in [2.05, 4.69) is 12.2 Å². The quantitative estimate of drug-likeness (QED) is 0.853. The standard InChI is InChI=1S/C20H27N3O3S/c1-4-16-9-5-6-10-18(16)21-20(24)19-12-17(14-22(19)3)27(25,26)23-11-7-8-15(2)13-23/h5-6,9-10,12,14-15H,4,7-8,11,13H2,1-3H3,(H,21,24)/t15-/m1/s1. The normalized spacial score (nSPS) is 18.4. The van der Waals surface area contributed by atoms with E-state index in [-0.39, 0.29) is 10.8 Å². The number of carbonyl (C=O) groups is 1. The molecule has 2 aromatic rings. The Balaban J connectivity index is 1.84. The van der Waals surface area contributed by atoms with Gasteiger partial charge in [-0.3, -0.25) is 4.79 Å². The highest BCUT2D eigenvalue weighted by Crippen LogP contribution is 2.25. The lowest BCUT2D eigenvalue weighted by Crippen LogP contribution is -2.38. The summed E-state index contributed by atoms with van der Waals surface area (Å²) in [7, 11) is -1.89. The molecule has 1 saturated heterocycles. The number of aromatic nitrogens is 1. The summed E-state index contributed by atoms with van der Waals surface area (Å²) in [5, 5.41) is 2.90. The maximum atomic E-state index is 13.0. The summed E-state index contributed by atoms with van der Waals surface area (Å²) >= 11 is 0. The van der Waals surface area contributed by atoms with Crippen molar-refractivity contribution >= 4 is 21.6 Å². The zero-order valence-corrected chi connectivity index (χ0v) is 16.9. The molecular formula is C20H27N3O3S. The van der Waals surface area contributed by atoms with E-state index in [0.29, 0.717) is 24.7 Å². The van der Waals surface area contributed by atoms with Crippen LogP contribution in [0.5, 0.6) is 0 Å². The van der Waals surface area contributed by atoms with Gasteiger partial charge in [-0.1, -0.05) is 32.0 Å². The maximum absolute atomic E-state index is 13.0. The lowest BCUT2D eigenvalue weighted by Gasteiger charge is -2.29. The number of amides is 1. The predicted octanol–water partition coefficient (Wildman–Crippen LogP) is 3.26. The minimum atomic E-state index is -3.58. The molecule has 7 heteroatoms. The van der Waals surface area contributed by atoms with Crippen LogP contribution in [0.25, 0.3) is 0 Å². The molecule has 0 bridgehead atoms. The van der Waals surface area contributed by atoms with E-state index in [1.165, 1.54) is 16.6 Å². The molecule has 146 valence electrons. The number of hydrogen-bond donors (Lipinski definition) is 1. The Labute approximate surface area is 161 Å². The van der Waals surface area contributed by atoms with Crippen LogP contribution in [0.15, 0.2) is 41.4 Å². The van der Waals surface area contributed by atoms with Gasteiger partial charge < -0.3 is 9.88 Å². The van der Waals surface area contributed by atoms with Crippen molar-refractivity contribution in [1.29, 1.82) is 0 Å². The van der Waals surface area contributed by atoms with Gasteiger partial charge in [0.1, 0.15) is 10.6 Å². The smallest absolute Gasteiger partial charge is 0.272 e. The minimum absolute atomic E-state index is 0.174. The Morgan fingerprint density at radius 3 is 2.74 bits per heavy atom. The monoisotopic (exact) mass is 389 g/mol. The fraction of sp³-hybridized carbons (Fsp3) is 0.450. The molecule has 0 spiro atoms. The summed E-state index contributed by atoms with van der Waals surface area (Å²) in [6, 6.07) is 9.09. The third-order valence-electron chi connectivity index (χ3n) is 5.12. The van der Waals surface area contributed by atoms with Gasteiger partial charge in [-0.05, 0) is 42.9 Å². The van der Waals surface area contributed by atoms with Crippen LogP contribution in [0.1, 0.15) is 42.7 Å². The molecule has 1 fully saturated rings. The minimum Gasteiger partial charge on any atom is -0.345 e. The highest BCUT2D eigenvalue weighted by atomic mass is 32.2. The van der Waals surface area contributed by atoms with Crippen LogP contribution < -0.4 is 5.32 Å². The Hall–Kier alpha value is -2.12. The number of nitrogens with zero attached hydrogens (tertiary/aromatic N) is 2. The molecule has 1 aromatic heterocycles. The Morgan fingerprint density at radius 1 is 1.30 bits per heavy atom. The number of anilines is 1. The number of carbonyl (C=O) groups excluding carboxylic acids is 1. The summed E-state index contributed by atoms with van der Waals surface area (Å²) in [6.07, 6.45) is 4.24. The van der Waals surface area contributed by atoms with E-state index in [0.717, 1.165) is 30.5 Å². The second-order valence-electron chi connectivity index (χ2n) is 7.25. The number of aryl methyl sites for hydroxylation is 2. The highest BCUT2D eigenvalue weighted by Gasteiger charge is 2.30. The molecule has 1 aliphatic heterocycles. The van der Waals surface area contributed by atoms with Crippen LogP contribution in [-0.4, -0.2) is 36.3 Å². The molecule has 1 aliphatic rings. The molecule has 0 radical (unpaired) electrons. The molecule has 0 unspecified atom stereocenters. The molecule has 1 atom stereocenters. The van der Waals surface area contributed by atoms with E-state index >= 15 is 0 Å². The second kappa shape index (κ2) is 7.86. The van der Waals surface area contributed by atoms with Gasteiger partial charge in [-0.25, -0.2) is 8.42 Å². The Bertz CT molecular complexity index is 934. The van der Waals surface area contributed by atoms with Gasteiger partial charge in [0, 0.05) is 32.0 Å². The average Bonchev–Trinajstić information content (AvgIpc) is 3.05. The third-order valence-corrected chi connectivity index (χ3v) is 6.95. The summed E-state index contributed by atoms with van der Waals surface area (Å²) in [4.78, 5) is 12.9. The molecule has 3 rings (SSSR count). The van der Waals surface area contributed by atoms with Crippen molar-refractivity contribution in [1.82, 2.24) is 8.87 Å². The van der Waals surface area contributed by atoms with E-state index in [4.69, 9.17) is 0 Å². The van der Waals surface area contributed by atoms with Crippen molar-refractivity contribution in [3.63, 3.8) is 0 Å². The molecule has 1 aromatic carbocycles. The first kappa shape index (κ1) is 19.6. The average molecular weight is 390 g/mol. The van der Waals surface area contributed by atoms with Gasteiger partial charge in [0.2, 0.25) is 10.0 Å². The molecule has 6 nitrogen and oxygen atoms in total. The molecule has 0 aliphatic carbocycles. The van der Waals surface area contributed by atoms with Gasteiger partial charge in [-0.15, -0.1) is 0 Å². The number of para-hydroxylation sites is 1. The first-order chi connectivity index (χ1) is 12.8. The molecule has 1 amide bonds. The van der Waals surface area contributed by atoms with Crippen LogP contribution >= 0.6 is 0 Å². The first-order valence-corrected chi connectivity index (χ1v) is 10.8. The Morgan fingerprint density at radius 2 is 2.04 bits per heavy atom. The van der Waals surface area contributed by atoms with E-state index in [9.17, 15) is 13.2 Å². The summed E-state index contributed by atoms with van der Waals surface area (Å²) < 4.78 is 29.0. The van der Waals surface area contributed by atoms with Crippen molar-refractivity contribution in [3.8, 4) is 0 Å². The fourth-order valence-electron chi connectivity index (χ4n) is 3.55. The number of piperidine rings is 1. The summed E-state index contributed by atoms with van der Waals surface area (Å²) in [5.41, 5.74) is 2.11. The van der Waals surface area contributed by atoms with Gasteiger partial charge in [0.15, 0.2) is 0 Å². The summed E-state index contributed by atoms with van der Waals surface area (Å²) in [5.74, 6) is 0.0393. The van der Waals surface area contributed by atoms with Crippen LogP contribution in [0, 0.1) is 5.92 Å². The number of nitrogens with one attached hydrogen (secondary N) is 1. The zero-order chi connectivity index (χ0) is 19.6. The number of benzene rings is 1. The predicted molar refractivity (Wildman–Crippen MR) is 106 cm³/mol. The van der Waals surface area contributed by atoms with Gasteiger partial charge in [0.25, 0.3) is 5.91 Å².